The number of nitrogens with one attached hydrogen (secondary N) is 1. The SMILES string of the molecule is Cn1c(=O)c2c(SCC(=O)Nc3nc4ccccc4s3)nc(C3CCCCC3)nc2n(C)c1=O. The van der Waals surface area contributed by atoms with E-state index >= 15 is 0 Å². The van der Waals surface area contributed by atoms with Crippen molar-refractivity contribution >= 4 is 55.4 Å². The number of carbonyl (C=O) groups excluding carboxylic acids is 1. The van der Waals surface area contributed by atoms with Gasteiger partial charge in [-0.05, 0) is 25.0 Å². The topological polar surface area (TPSA) is 112 Å². The van der Waals surface area contributed by atoms with Crippen molar-refractivity contribution < 1.29 is 4.79 Å². The lowest BCUT2D eigenvalue weighted by molar-refractivity contribution is -0.113. The van der Waals surface area contributed by atoms with Crippen molar-refractivity contribution in [3.63, 3.8) is 0 Å². The van der Waals surface area contributed by atoms with E-state index in [1.807, 2.05) is 24.3 Å². The van der Waals surface area contributed by atoms with Crippen molar-refractivity contribution in [3.05, 3.63) is 50.9 Å². The van der Waals surface area contributed by atoms with Crippen LogP contribution in [-0.4, -0.2) is 35.7 Å². The van der Waals surface area contributed by atoms with Crippen LogP contribution in [0.2, 0.25) is 0 Å². The Morgan fingerprint density at radius 2 is 1.85 bits per heavy atom. The average Bonchev–Trinajstić information content (AvgIpc) is 3.27. The van der Waals surface area contributed by atoms with Crippen LogP contribution >= 0.6 is 23.1 Å². The van der Waals surface area contributed by atoms with Gasteiger partial charge in [-0.2, -0.15) is 0 Å². The van der Waals surface area contributed by atoms with Gasteiger partial charge in [0.25, 0.3) is 5.56 Å². The Kier molecular flexibility index (Phi) is 6.22. The summed E-state index contributed by atoms with van der Waals surface area (Å²) >= 11 is 2.59. The maximum atomic E-state index is 13.0. The van der Waals surface area contributed by atoms with E-state index in [1.54, 1.807) is 7.05 Å². The first-order valence-electron chi connectivity index (χ1n) is 11.2. The first-order valence-corrected chi connectivity index (χ1v) is 13.0. The zero-order valence-corrected chi connectivity index (χ0v) is 20.5. The molecule has 0 spiro atoms. The van der Waals surface area contributed by atoms with Gasteiger partial charge in [0, 0.05) is 20.0 Å². The number of aromatic nitrogens is 5. The molecule has 1 saturated carbocycles. The fraction of sp³-hybridized carbons (Fsp3) is 0.391. The molecule has 5 rings (SSSR count). The summed E-state index contributed by atoms with van der Waals surface area (Å²) in [6.07, 6.45) is 5.36. The number of carbonyl (C=O) groups is 1. The molecule has 0 unspecified atom stereocenters. The second kappa shape index (κ2) is 9.30. The maximum absolute atomic E-state index is 13.0. The molecule has 1 aromatic carbocycles. The Bertz CT molecular complexity index is 1480. The minimum absolute atomic E-state index is 0.0537. The quantitative estimate of drug-likeness (QED) is 0.333. The predicted octanol–water partition coefficient (Wildman–Crippen LogP) is 3.42. The lowest BCUT2D eigenvalue weighted by Crippen LogP contribution is -2.38. The molecule has 4 aromatic rings. The van der Waals surface area contributed by atoms with Crippen LogP contribution in [0.3, 0.4) is 0 Å². The number of benzene rings is 1. The normalized spacial score (nSPS) is 14.6. The van der Waals surface area contributed by atoms with Crippen molar-refractivity contribution in [1.82, 2.24) is 24.1 Å². The van der Waals surface area contributed by atoms with Gasteiger partial charge in [0.1, 0.15) is 16.2 Å². The summed E-state index contributed by atoms with van der Waals surface area (Å²) in [4.78, 5) is 52.1. The number of para-hydroxylation sites is 1. The predicted molar refractivity (Wildman–Crippen MR) is 135 cm³/mol. The first-order chi connectivity index (χ1) is 16.4. The molecule has 0 saturated heterocycles. The highest BCUT2D eigenvalue weighted by Crippen LogP contribution is 2.33. The summed E-state index contributed by atoms with van der Waals surface area (Å²) < 4.78 is 3.43. The molecule has 3 heterocycles. The highest BCUT2D eigenvalue weighted by Gasteiger charge is 2.23. The molecule has 3 aromatic heterocycles. The van der Waals surface area contributed by atoms with Gasteiger partial charge in [0.15, 0.2) is 10.8 Å². The molecule has 0 aliphatic heterocycles. The van der Waals surface area contributed by atoms with Gasteiger partial charge in [-0.15, -0.1) is 0 Å². The summed E-state index contributed by atoms with van der Waals surface area (Å²) in [6.45, 7) is 0. The number of aryl methyl sites for hydroxylation is 1. The first kappa shape index (κ1) is 22.7. The molecule has 0 bridgehead atoms. The largest absolute Gasteiger partial charge is 0.332 e. The van der Waals surface area contributed by atoms with E-state index in [0.29, 0.717) is 21.6 Å². The molecule has 11 heteroatoms. The third-order valence-corrected chi connectivity index (χ3v) is 8.06. The van der Waals surface area contributed by atoms with Crippen LogP contribution < -0.4 is 16.6 Å². The molecule has 176 valence electrons. The number of thiazole rings is 1. The molecular formula is C23H24N6O3S2. The van der Waals surface area contributed by atoms with Crippen LogP contribution in [-0.2, 0) is 18.9 Å². The van der Waals surface area contributed by atoms with Crippen molar-refractivity contribution in [2.75, 3.05) is 11.1 Å². The second-order valence-corrected chi connectivity index (χ2v) is 10.4. The molecule has 34 heavy (non-hydrogen) atoms. The minimum Gasteiger partial charge on any atom is -0.301 e. The van der Waals surface area contributed by atoms with Gasteiger partial charge in [-0.3, -0.25) is 18.7 Å². The van der Waals surface area contributed by atoms with E-state index in [4.69, 9.17) is 4.98 Å². The van der Waals surface area contributed by atoms with Gasteiger partial charge in [-0.1, -0.05) is 54.5 Å². The van der Waals surface area contributed by atoms with Gasteiger partial charge in [0.05, 0.1) is 16.0 Å². The van der Waals surface area contributed by atoms with Crippen LogP contribution in [0.4, 0.5) is 5.13 Å². The number of anilines is 1. The standard InChI is InChI=1S/C23H24N6O3S2/c1-28-19-17(21(31)29(2)23(28)32)20(27-18(26-19)13-8-4-3-5-9-13)33-12-16(30)25-22-24-14-10-6-7-11-15(14)34-22/h6-7,10-11,13H,3-5,8-9,12H2,1-2H3,(H,24,25,30). The Morgan fingerprint density at radius 1 is 1.09 bits per heavy atom. The Morgan fingerprint density at radius 3 is 2.62 bits per heavy atom. The van der Waals surface area contributed by atoms with E-state index in [0.717, 1.165) is 40.5 Å². The van der Waals surface area contributed by atoms with Crippen molar-refractivity contribution in [3.8, 4) is 0 Å². The third kappa shape index (κ3) is 4.25. The monoisotopic (exact) mass is 496 g/mol. The summed E-state index contributed by atoms with van der Waals surface area (Å²) in [5.74, 6) is 0.646. The van der Waals surface area contributed by atoms with E-state index in [-0.39, 0.29) is 23.0 Å². The van der Waals surface area contributed by atoms with Crippen molar-refractivity contribution in [1.29, 1.82) is 0 Å². The number of thioether (sulfide) groups is 1. The number of fused-ring (bicyclic) bond motifs is 2. The van der Waals surface area contributed by atoms with Gasteiger partial charge in [0.2, 0.25) is 5.91 Å². The molecule has 9 nitrogen and oxygen atoms in total. The molecule has 0 atom stereocenters. The fourth-order valence-corrected chi connectivity index (χ4v) is 6.01. The summed E-state index contributed by atoms with van der Waals surface area (Å²) in [6, 6.07) is 7.69. The second-order valence-electron chi connectivity index (χ2n) is 8.45. The highest BCUT2D eigenvalue weighted by atomic mass is 32.2. The molecule has 1 aliphatic rings. The van der Waals surface area contributed by atoms with Crippen LogP contribution in [0.1, 0.15) is 43.8 Å². The molecule has 1 aliphatic carbocycles. The van der Waals surface area contributed by atoms with Crippen LogP contribution in [0, 0.1) is 0 Å². The Labute approximate surface area is 203 Å². The van der Waals surface area contributed by atoms with Gasteiger partial charge >= 0.3 is 5.69 Å². The van der Waals surface area contributed by atoms with E-state index in [9.17, 15) is 14.4 Å². The number of amides is 1. The Balaban J connectivity index is 1.47. The Hall–Kier alpha value is -3.05. The van der Waals surface area contributed by atoms with Crippen molar-refractivity contribution in [2.24, 2.45) is 14.1 Å². The zero-order valence-electron chi connectivity index (χ0n) is 18.9. The maximum Gasteiger partial charge on any atom is 0.332 e. The minimum atomic E-state index is -0.456. The highest BCUT2D eigenvalue weighted by molar-refractivity contribution is 8.00. The number of rotatable bonds is 5. The molecular weight excluding hydrogens is 472 g/mol. The van der Waals surface area contributed by atoms with Crippen LogP contribution in [0.15, 0.2) is 38.9 Å². The lowest BCUT2D eigenvalue weighted by Gasteiger charge is -2.21. The van der Waals surface area contributed by atoms with Gasteiger partial charge < -0.3 is 5.32 Å². The lowest BCUT2D eigenvalue weighted by atomic mass is 9.89. The molecule has 1 fully saturated rings. The zero-order chi connectivity index (χ0) is 23.8. The summed E-state index contributed by atoms with van der Waals surface area (Å²) in [7, 11) is 3.05. The van der Waals surface area contributed by atoms with Crippen molar-refractivity contribution in [2.45, 2.75) is 43.0 Å². The van der Waals surface area contributed by atoms with Crippen LogP contribution in [0.25, 0.3) is 21.3 Å². The number of nitrogens with zero attached hydrogens (tertiary/aromatic N) is 5. The number of hydrogen-bond acceptors (Lipinski definition) is 8. The van der Waals surface area contributed by atoms with E-state index in [2.05, 4.69) is 15.3 Å². The third-order valence-electron chi connectivity index (χ3n) is 6.13. The summed E-state index contributed by atoms with van der Waals surface area (Å²) in [5, 5.41) is 4.07. The van der Waals surface area contributed by atoms with E-state index < -0.39 is 11.2 Å². The molecule has 1 N–H and O–H groups in total. The fourth-order valence-electron chi connectivity index (χ4n) is 4.31. The summed E-state index contributed by atoms with van der Waals surface area (Å²) in [5.41, 5.74) is 0.259. The molecule has 0 radical (unpaired) electrons. The van der Waals surface area contributed by atoms with E-state index in [1.165, 1.54) is 41.1 Å². The van der Waals surface area contributed by atoms with Gasteiger partial charge in [-0.25, -0.2) is 19.7 Å². The smallest absolute Gasteiger partial charge is 0.301 e. The average molecular weight is 497 g/mol. The number of hydrogen-bond donors (Lipinski definition) is 1. The molecule has 1 amide bonds. The van der Waals surface area contributed by atoms with Crippen LogP contribution in [0.5, 0.6) is 0 Å².